The maximum absolute atomic E-state index is 12.8. The molecule has 1 fully saturated rings. The number of hydrogen-bond acceptors (Lipinski definition) is 3. The molecule has 20 heavy (non-hydrogen) atoms. The van der Waals surface area contributed by atoms with Crippen LogP contribution in [0.25, 0.3) is 10.8 Å². The number of aliphatic hydroxyl groups is 1. The third kappa shape index (κ3) is 1.96. The second-order valence-electron chi connectivity index (χ2n) is 5.82. The average molecular weight is 272 g/mol. The fourth-order valence-electron chi connectivity index (χ4n) is 3.01. The first-order valence-corrected chi connectivity index (χ1v) is 7.05. The van der Waals surface area contributed by atoms with Gasteiger partial charge < -0.3 is 15.4 Å². The quantitative estimate of drug-likeness (QED) is 0.896. The van der Waals surface area contributed by atoms with Crippen molar-refractivity contribution in [1.29, 1.82) is 0 Å². The molecule has 1 aromatic carbocycles. The predicted octanol–water partition coefficient (Wildman–Crippen LogP) is 1.88. The van der Waals surface area contributed by atoms with Gasteiger partial charge in [0.25, 0.3) is 5.56 Å². The van der Waals surface area contributed by atoms with E-state index in [1.807, 2.05) is 38.1 Å². The normalized spacial score (nSPS) is 23.0. The number of aromatic nitrogens is 1. The van der Waals surface area contributed by atoms with Gasteiger partial charge in [-0.25, -0.2) is 0 Å². The minimum Gasteiger partial charge on any atom is -0.396 e. The van der Waals surface area contributed by atoms with E-state index < -0.39 is 0 Å². The van der Waals surface area contributed by atoms with Crippen LogP contribution in [0, 0.1) is 12.8 Å². The van der Waals surface area contributed by atoms with Crippen LogP contribution >= 0.6 is 0 Å². The Morgan fingerprint density at radius 1 is 1.50 bits per heavy atom. The Labute approximate surface area is 117 Å². The Hall–Kier alpha value is -1.65. The van der Waals surface area contributed by atoms with Gasteiger partial charge in [0.1, 0.15) is 0 Å². The summed E-state index contributed by atoms with van der Waals surface area (Å²) in [6.45, 7) is 3.97. The lowest BCUT2D eigenvalue weighted by Gasteiger charge is -2.18. The van der Waals surface area contributed by atoms with E-state index in [0.29, 0.717) is 0 Å². The zero-order valence-corrected chi connectivity index (χ0v) is 11.8. The highest BCUT2D eigenvalue weighted by Gasteiger charge is 2.40. The molecule has 4 heteroatoms. The summed E-state index contributed by atoms with van der Waals surface area (Å²) in [5, 5.41) is 11.0. The molecular formula is C16H20N2O2. The standard InChI is InChI=1S/C16H20N2O2/c1-9-4-3-5-11-6-13(10(2)17)18(16(20)15(9)11)14-7-12(14)8-19/h3-6,10,12,14,19H,7-8,17H2,1-2H3/t10-,12?,14?/m0/s1. The van der Waals surface area contributed by atoms with Crippen molar-refractivity contribution >= 4 is 10.8 Å². The number of pyridine rings is 1. The summed E-state index contributed by atoms with van der Waals surface area (Å²) in [5.41, 5.74) is 7.91. The Morgan fingerprint density at radius 3 is 2.85 bits per heavy atom. The molecule has 3 atom stereocenters. The van der Waals surface area contributed by atoms with Gasteiger partial charge in [-0.3, -0.25) is 4.79 Å². The number of fused-ring (bicyclic) bond motifs is 1. The van der Waals surface area contributed by atoms with Crippen molar-refractivity contribution in [3.63, 3.8) is 0 Å². The van der Waals surface area contributed by atoms with Crippen LogP contribution < -0.4 is 11.3 Å². The highest BCUT2D eigenvalue weighted by molar-refractivity contribution is 5.85. The van der Waals surface area contributed by atoms with E-state index in [4.69, 9.17) is 5.73 Å². The van der Waals surface area contributed by atoms with Crippen molar-refractivity contribution in [2.75, 3.05) is 6.61 Å². The van der Waals surface area contributed by atoms with E-state index in [1.165, 1.54) is 0 Å². The molecule has 2 unspecified atom stereocenters. The Bertz CT molecular complexity index is 718. The SMILES string of the molecule is Cc1cccc2cc([C@H](C)N)n(C3CC3CO)c(=O)c12. The van der Waals surface area contributed by atoms with Gasteiger partial charge in [0.05, 0.1) is 5.39 Å². The fourth-order valence-corrected chi connectivity index (χ4v) is 3.01. The third-order valence-electron chi connectivity index (χ3n) is 4.24. The Balaban J connectivity index is 2.31. The second kappa shape index (κ2) is 4.72. The largest absolute Gasteiger partial charge is 0.396 e. The minimum absolute atomic E-state index is 0.0221. The molecular weight excluding hydrogens is 252 g/mol. The van der Waals surface area contributed by atoms with Gasteiger partial charge >= 0.3 is 0 Å². The molecule has 2 aromatic rings. The van der Waals surface area contributed by atoms with Crippen LogP contribution in [0.5, 0.6) is 0 Å². The first-order valence-electron chi connectivity index (χ1n) is 7.05. The highest BCUT2D eigenvalue weighted by Crippen LogP contribution is 2.43. The van der Waals surface area contributed by atoms with Crippen LogP contribution in [0.3, 0.4) is 0 Å². The van der Waals surface area contributed by atoms with E-state index in [0.717, 1.165) is 28.5 Å². The van der Waals surface area contributed by atoms with Gasteiger partial charge in [0.15, 0.2) is 0 Å². The lowest BCUT2D eigenvalue weighted by atomic mass is 10.0. The van der Waals surface area contributed by atoms with E-state index in [-0.39, 0.29) is 30.2 Å². The molecule has 1 aromatic heterocycles. The van der Waals surface area contributed by atoms with Gasteiger partial charge in [-0.15, -0.1) is 0 Å². The molecule has 4 nitrogen and oxygen atoms in total. The second-order valence-corrected chi connectivity index (χ2v) is 5.82. The molecule has 0 saturated heterocycles. The van der Waals surface area contributed by atoms with E-state index >= 15 is 0 Å². The van der Waals surface area contributed by atoms with Gasteiger partial charge in [0.2, 0.25) is 0 Å². The molecule has 0 radical (unpaired) electrons. The van der Waals surface area contributed by atoms with Crippen LogP contribution in [0.4, 0.5) is 0 Å². The van der Waals surface area contributed by atoms with Crippen molar-refractivity contribution < 1.29 is 5.11 Å². The third-order valence-corrected chi connectivity index (χ3v) is 4.24. The molecule has 3 N–H and O–H groups in total. The maximum atomic E-state index is 12.8. The summed E-state index contributed by atoms with van der Waals surface area (Å²) in [6.07, 6.45) is 0.855. The molecule has 3 rings (SSSR count). The van der Waals surface area contributed by atoms with E-state index in [9.17, 15) is 9.90 Å². The summed E-state index contributed by atoms with van der Waals surface area (Å²) in [7, 11) is 0. The van der Waals surface area contributed by atoms with E-state index in [1.54, 1.807) is 4.57 Å². The van der Waals surface area contributed by atoms with Crippen molar-refractivity contribution in [2.45, 2.75) is 32.4 Å². The number of aliphatic hydroxyl groups excluding tert-OH is 1. The molecule has 0 spiro atoms. The van der Waals surface area contributed by atoms with Crippen LogP contribution in [-0.2, 0) is 0 Å². The molecule has 1 saturated carbocycles. The topological polar surface area (TPSA) is 68.2 Å². The summed E-state index contributed by atoms with van der Waals surface area (Å²) in [4.78, 5) is 12.8. The number of rotatable bonds is 3. The number of aryl methyl sites for hydroxylation is 1. The smallest absolute Gasteiger partial charge is 0.259 e. The summed E-state index contributed by atoms with van der Waals surface area (Å²) >= 11 is 0. The van der Waals surface area contributed by atoms with Crippen LogP contribution in [0.2, 0.25) is 0 Å². The van der Waals surface area contributed by atoms with Crippen molar-refractivity contribution in [3.8, 4) is 0 Å². The van der Waals surface area contributed by atoms with E-state index in [2.05, 4.69) is 0 Å². The zero-order valence-electron chi connectivity index (χ0n) is 11.8. The monoisotopic (exact) mass is 272 g/mol. The number of nitrogens with zero attached hydrogens (tertiary/aromatic N) is 1. The first kappa shape index (κ1) is 13.3. The maximum Gasteiger partial charge on any atom is 0.259 e. The molecule has 1 heterocycles. The van der Waals surface area contributed by atoms with Crippen LogP contribution in [0.15, 0.2) is 29.1 Å². The molecule has 0 amide bonds. The predicted molar refractivity (Wildman–Crippen MR) is 79.8 cm³/mol. The van der Waals surface area contributed by atoms with Crippen LogP contribution in [-0.4, -0.2) is 16.3 Å². The molecule has 1 aliphatic carbocycles. The van der Waals surface area contributed by atoms with Gasteiger partial charge in [-0.05, 0) is 37.3 Å². The molecule has 1 aliphatic rings. The number of benzene rings is 1. The number of hydrogen-bond donors (Lipinski definition) is 2. The molecule has 0 bridgehead atoms. The van der Waals surface area contributed by atoms with Crippen molar-refractivity contribution in [3.05, 3.63) is 45.9 Å². The summed E-state index contributed by atoms with van der Waals surface area (Å²) in [5.74, 6) is 0.187. The van der Waals surface area contributed by atoms with Gasteiger partial charge in [0, 0.05) is 30.3 Å². The average Bonchev–Trinajstić information content (AvgIpc) is 3.17. The van der Waals surface area contributed by atoms with Crippen LogP contribution in [0.1, 0.15) is 36.7 Å². The van der Waals surface area contributed by atoms with Gasteiger partial charge in [-0.1, -0.05) is 18.2 Å². The number of nitrogens with two attached hydrogens (primary N) is 1. The Kier molecular flexibility index (Phi) is 3.15. The fraction of sp³-hybridized carbons (Fsp3) is 0.438. The lowest BCUT2D eigenvalue weighted by Crippen LogP contribution is -2.27. The summed E-state index contributed by atoms with van der Waals surface area (Å²) < 4.78 is 1.81. The first-order chi connectivity index (χ1) is 9.54. The minimum atomic E-state index is -0.201. The zero-order chi connectivity index (χ0) is 14.4. The molecule has 106 valence electrons. The van der Waals surface area contributed by atoms with Crippen molar-refractivity contribution in [2.24, 2.45) is 11.7 Å². The summed E-state index contributed by atoms with van der Waals surface area (Å²) in [6, 6.07) is 7.78. The lowest BCUT2D eigenvalue weighted by molar-refractivity contribution is 0.268. The highest BCUT2D eigenvalue weighted by atomic mass is 16.3. The van der Waals surface area contributed by atoms with Crippen molar-refractivity contribution in [1.82, 2.24) is 4.57 Å². The Morgan fingerprint density at radius 2 is 2.25 bits per heavy atom. The molecule has 0 aliphatic heterocycles. The van der Waals surface area contributed by atoms with Gasteiger partial charge in [-0.2, -0.15) is 0 Å².